The second-order valence-corrected chi connectivity index (χ2v) is 6.35. The van der Waals surface area contributed by atoms with Crippen LogP contribution < -0.4 is 0 Å². The summed E-state index contributed by atoms with van der Waals surface area (Å²) in [5.41, 5.74) is 1.68. The zero-order valence-electron chi connectivity index (χ0n) is 13.4. The number of allylic oxidation sites excluding steroid dienone is 1. The van der Waals surface area contributed by atoms with Crippen molar-refractivity contribution in [2.45, 2.75) is 58.3 Å². The average Bonchev–Trinajstić information content (AvgIpc) is 2.69. The Balaban J connectivity index is 2.38. The quantitative estimate of drug-likeness (QED) is 0.593. The fourth-order valence-corrected chi connectivity index (χ4v) is 3.24. The smallest absolute Gasteiger partial charge is 0.309 e. The third-order valence-electron chi connectivity index (χ3n) is 4.52. The molecule has 0 spiro atoms. The molecule has 0 aromatic heterocycles. The minimum absolute atomic E-state index is 0.256. The van der Waals surface area contributed by atoms with Gasteiger partial charge in [0.1, 0.15) is 12.2 Å². The summed E-state index contributed by atoms with van der Waals surface area (Å²) in [6.07, 6.45) is 2.00. The summed E-state index contributed by atoms with van der Waals surface area (Å²) in [5, 5.41) is 10.2. The molecule has 0 radical (unpaired) electrons. The van der Waals surface area contributed by atoms with Gasteiger partial charge in [0.15, 0.2) is 0 Å². The van der Waals surface area contributed by atoms with Gasteiger partial charge < -0.3 is 14.6 Å². The van der Waals surface area contributed by atoms with Crippen molar-refractivity contribution in [1.82, 2.24) is 0 Å². The van der Waals surface area contributed by atoms with Crippen molar-refractivity contribution in [3.05, 3.63) is 23.8 Å². The molecule has 0 aromatic rings. The molecule has 1 saturated heterocycles. The Morgan fingerprint density at radius 1 is 1.50 bits per heavy atom. The van der Waals surface area contributed by atoms with Crippen molar-refractivity contribution in [1.29, 1.82) is 0 Å². The van der Waals surface area contributed by atoms with Crippen molar-refractivity contribution >= 4 is 11.9 Å². The van der Waals surface area contributed by atoms with E-state index in [0.29, 0.717) is 24.8 Å². The number of rotatable bonds is 1. The van der Waals surface area contributed by atoms with Gasteiger partial charge in [-0.1, -0.05) is 19.1 Å². The standard InChI is InChI=1S/C17H24O5/c1-9-5-6-13(19)10(2)8-15(21-12(4)18)16-11(3)17(20)22-14(16)7-9/h7,11,13-16,19H,2,5-6,8H2,1,3-4H3/b9-7-/t11-,13+,14+,15-,16-/m0/s1. The second-order valence-electron chi connectivity index (χ2n) is 6.35. The SMILES string of the molecule is C=C1C[C@H](OC(C)=O)[C@H]2[C@H](C)C(=O)O[C@@H]2/C=C(/C)CC[C@H]1O. The zero-order chi connectivity index (χ0) is 16.4. The first-order chi connectivity index (χ1) is 10.3. The van der Waals surface area contributed by atoms with E-state index in [9.17, 15) is 14.7 Å². The Hall–Kier alpha value is -1.62. The predicted molar refractivity (Wildman–Crippen MR) is 80.8 cm³/mol. The number of aliphatic hydroxyl groups is 1. The molecule has 0 amide bonds. The lowest BCUT2D eigenvalue weighted by Crippen LogP contribution is -2.36. The van der Waals surface area contributed by atoms with Crippen LogP contribution in [0.2, 0.25) is 0 Å². The van der Waals surface area contributed by atoms with Crippen LogP contribution in [0.15, 0.2) is 23.8 Å². The van der Waals surface area contributed by atoms with Gasteiger partial charge >= 0.3 is 11.9 Å². The van der Waals surface area contributed by atoms with Crippen LogP contribution >= 0.6 is 0 Å². The van der Waals surface area contributed by atoms with E-state index in [1.807, 2.05) is 13.0 Å². The van der Waals surface area contributed by atoms with E-state index in [-0.39, 0.29) is 17.8 Å². The summed E-state index contributed by atoms with van der Waals surface area (Å²) in [5.74, 6) is -1.30. The van der Waals surface area contributed by atoms with Crippen LogP contribution in [-0.4, -0.2) is 35.4 Å². The van der Waals surface area contributed by atoms with Crippen LogP contribution in [-0.2, 0) is 19.1 Å². The summed E-state index contributed by atoms with van der Waals surface area (Å²) in [6.45, 7) is 9.01. The zero-order valence-corrected chi connectivity index (χ0v) is 13.4. The number of ether oxygens (including phenoxy) is 2. The molecule has 2 rings (SSSR count). The third kappa shape index (κ3) is 3.58. The lowest BCUT2D eigenvalue weighted by atomic mass is 9.81. The first-order valence-corrected chi connectivity index (χ1v) is 7.70. The van der Waals surface area contributed by atoms with Crippen molar-refractivity contribution in [2.24, 2.45) is 11.8 Å². The molecule has 122 valence electrons. The lowest BCUT2D eigenvalue weighted by molar-refractivity contribution is -0.150. The van der Waals surface area contributed by atoms with Crippen molar-refractivity contribution < 1.29 is 24.2 Å². The van der Waals surface area contributed by atoms with E-state index < -0.39 is 24.3 Å². The normalized spacial score (nSPS) is 38.5. The maximum atomic E-state index is 12.0. The molecule has 5 heteroatoms. The van der Waals surface area contributed by atoms with E-state index in [4.69, 9.17) is 9.47 Å². The molecule has 0 unspecified atom stereocenters. The first-order valence-electron chi connectivity index (χ1n) is 7.70. The minimum Gasteiger partial charge on any atom is -0.462 e. The number of carbonyl (C=O) groups is 2. The summed E-state index contributed by atoms with van der Waals surface area (Å²) >= 11 is 0. The molecule has 22 heavy (non-hydrogen) atoms. The van der Waals surface area contributed by atoms with Gasteiger partial charge in [0.25, 0.3) is 0 Å². The minimum atomic E-state index is -0.633. The highest BCUT2D eigenvalue weighted by molar-refractivity contribution is 5.75. The molecule has 0 saturated carbocycles. The lowest BCUT2D eigenvalue weighted by Gasteiger charge is -2.30. The maximum Gasteiger partial charge on any atom is 0.309 e. The van der Waals surface area contributed by atoms with Gasteiger partial charge in [0, 0.05) is 13.3 Å². The predicted octanol–water partition coefficient (Wildman–Crippen LogP) is 2.14. The fourth-order valence-electron chi connectivity index (χ4n) is 3.24. The van der Waals surface area contributed by atoms with E-state index in [1.165, 1.54) is 6.92 Å². The van der Waals surface area contributed by atoms with Crippen LogP contribution in [0.4, 0.5) is 0 Å². The van der Waals surface area contributed by atoms with Crippen LogP contribution in [0.3, 0.4) is 0 Å². The molecule has 1 N–H and O–H groups in total. The van der Waals surface area contributed by atoms with Gasteiger partial charge in [-0.15, -0.1) is 0 Å². The van der Waals surface area contributed by atoms with Crippen molar-refractivity contribution in [3.63, 3.8) is 0 Å². The first kappa shape index (κ1) is 16.7. The van der Waals surface area contributed by atoms with Crippen LogP contribution in [0.1, 0.15) is 40.0 Å². The number of hydrogen-bond donors (Lipinski definition) is 1. The average molecular weight is 308 g/mol. The molecular formula is C17H24O5. The molecule has 5 atom stereocenters. The van der Waals surface area contributed by atoms with Gasteiger partial charge in [0.2, 0.25) is 0 Å². The van der Waals surface area contributed by atoms with Crippen molar-refractivity contribution in [2.75, 3.05) is 0 Å². The molecule has 1 fully saturated rings. The number of esters is 2. The molecule has 0 aromatic carbocycles. The highest BCUT2D eigenvalue weighted by Crippen LogP contribution is 2.37. The number of aliphatic hydroxyl groups excluding tert-OH is 1. The summed E-state index contributed by atoms with van der Waals surface area (Å²) in [4.78, 5) is 23.4. The molecule has 2 aliphatic rings. The number of hydrogen-bond acceptors (Lipinski definition) is 5. The Bertz CT molecular complexity index is 507. The van der Waals surface area contributed by atoms with Crippen molar-refractivity contribution in [3.8, 4) is 0 Å². The number of carbonyl (C=O) groups excluding carboxylic acids is 2. The summed E-state index contributed by atoms with van der Waals surface area (Å²) in [7, 11) is 0. The van der Waals surface area contributed by atoms with Crippen LogP contribution in [0, 0.1) is 11.8 Å². The maximum absolute atomic E-state index is 12.0. The van der Waals surface area contributed by atoms with Gasteiger partial charge in [-0.3, -0.25) is 9.59 Å². The molecule has 0 bridgehead atoms. The topological polar surface area (TPSA) is 72.8 Å². The van der Waals surface area contributed by atoms with Crippen LogP contribution in [0.5, 0.6) is 0 Å². The fraction of sp³-hybridized carbons (Fsp3) is 0.647. The van der Waals surface area contributed by atoms with E-state index >= 15 is 0 Å². The van der Waals surface area contributed by atoms with E-state index in [1.54, 1.807) is 6.92 Å². The molecule has 1 aliphatic heterocycles. The summed E-state index contributed by atoms with van der Waals surface area (Å²) < 4.78 is 10.9. The molecular weight excluding hydrogens is 284 g/mol. The van der Waals surface area contributed by atoms with E-state index in [0.717, 1.165) is 5.57 Å². The van der Waals surface area contributed by atoms with Gasteiger partial charge in [-0.2, -0.15) is 0 Å². The van der Waals surface area contributed by atoms with Crippen LogP contribution in [0.25, 0.3) is 0 Å². The highest BCUT2D eigenvalue weighted by Gasteiger charge is 2.47. The molecule has 1 heterocycles. The molecule has 5 nitrogen and oxygen atoms in total. The third-order valence-corrected chi connectivity index (χ3v) is 4.52. The Morgan fingerprint density at radius 2 is 2.18 bits per heavy atom. The van der Waals surface area contributed by atoms with Gasteiger partial charge in [0.05, 0.1) is 17.9 Å². The van der Waals surface area contributed by atoms with E-state index in [2.05, 4.69) is 6.58 Å². The summed E-state index contributed by atoms with van der Waals surface area (Å²) in [6, 6.07) is 0. The van der Waals surface area contributed by atoms with Gasteiger partial charge in [-0.05, 0) is 31.4 Å². The number of fused-ring (bicyclic) bond motifs is 1. The highest BCUT2D eigenvalue weighted by atomic mass is 16.6. The second kappa shape index (κ2) is 6.65. The Labute approximate surface area is 131 Å². The largest absolute Gasteiger partial charge is 0.462 e. The monoisotopic (exact) mass is 308 g/mol. The molecule has 1 aliphatic carbocycles. The Morgan fingerprint density at radius 3 is 2.82 bits per heavy atom. The van der Waals surface area contributed by atoms with Gasteiger partial charge in [-0.25, -0.2) is 0 Å². The Kier molecular flexibility index (Phi) is 5.06.